The second kappa shape index (κ2) is 6.78. The van der Waals surface area contributed by atoms with Gasteiger partial charge in [0.1, 0.15) is 0 Å². The van der Waals surface area contributed by atoms with E-state index in [9.17, 15) is 4.79 Å². The molecule has 0 spiro atoms. The van der Waals surface area contributed by atoms with Crippen LogP contribution >= 0.6 is 0 Å². The van der Waals surface area contributed by atoms with Crippen LogP contribution in [0, 0.1) is 5.92 Å². The van der Waals surface area contributed by atoms with Crippen molar-refractivity contribution in [1.29, 1.82) is 0 Å². The minimum Gasteiger partial charge on any atom is -0.396 e. The molecule has 4 rings (SSSR count). The Labute approximate surface area is 148 Å². The Bertz CT molecular complexity index is 703. The summed E-state index contributed by atoms with van der Waals surface area (Å²) >= 11 is 0. The Morgan fingerprint density at radius 2 is 2.28 bits per heavy atom. The molecule has 0 saturated carbocycles. The molecule has 3 atom stereocenters. The fourth-order valence-electron chi connectivity index (χ4n) is 4.30. The minimum atomic E-state index is -0.167. The lowest BCUT2D eigenvalue weighted by Crippen LogP contribution is -2.49. The SMILES string of the molecule is CN(NCCCO)C(=O)[C@@H]1C=C2c3cccc4c3C(CN4)C[C@H]2NC1. The van der Waals surface area contributed by atoms with Crippen molar-refractivity contribution in [3.63, 3.8) is 0 Å². The topological polar surface area (TPSA) is 76.6 Å². The van der Waals surface area contributed by atoms with Gasteiger partial charge < -0.3 is 15.7 Å². The number of nitrogens with zero attached hydrogens (tertiary/aromatic N) is 1. The van der Waals surface area contributed by atoms with Gasteiger partial charge in [-0.15, -0.1) is 0 Å². The van der Waals surface area contributed by atoms with E-state index < -0.39 is 0 Å². The van der Waals surface area contributed by atoms with Crippen LogP contribution in [-0.2, 0) is 4.79 Å². The number of aliphatic hydroxyl groups is 1. The van der Waals surface area contributed by atoms with Crippen LogP contribution < -0.4 is 16.1 Å². The molecule has 0 saturated heterocycles. The average Bonchev–Trinajstić information content (AvgIpc) is 3.05. The maximum Gasteiger partial charge on any atom is 0.244 e. The molecule has 0 radical (unpaired) electrons. The summed E-state index contributed by atoms with van der Waals surface area (Å²) in [7, 11) is 1.76. The van der Waals surface area contributed by atoms with Gasteiger partial charge in [-0.25, -0.2) is 5.43 Å². The van der Waals surface area contributed by atoms with E-state index in [1.165, 1.54) is 22.4 Å². The molecule has 2 heterocycles. The minimum absolute atomic E-state index is 0.0595. The Hall–Kier alpha value is -1.89. The van der Waals surface area contributed by atoms with Crippen molar-refractivity contribution in [1.82, 2.24) is 15.8 Å². The molecule has 1 aliphatic carbocycles. The normalized spacial score (nSPS) is 26.3. The van der Waals surface area contributed by atoms with E-state index >= 15 is 0 Å². The first kappa shape index (κ1) is 16.6. The van der Waals surface area contributed by atoms with Crippen LogP contribution in [0.25, 0.3) is 5.57 Å². The van der Waals surface area contributed by atoms with Crippen LogP contribution in [0.2, 0.25) is 0 Å². The van der Waals surface area contributed by atoms with E-state index in [0.717, 1.165) is 13.0 Å². The van der Waals surface area contributed by atoms with Crippen molar-refractivity contribution in [3.05, 3.63) is 35.4 Å². The second-order valence-corrected chi connectivity index (χ2v) is 7.15. The number of carbonyl (C=O) groups excluding carboxylic acids is 1. The number of anilines is 1. The van der Waals surface area contributed by atoms with E-state index in [-0.39, 0.29) is 18.4 Å². The zero-order chi connectivity index (χ0) is 17.4. The quantitative estimate of drug-likeness (QED) is 0.473. The highest BCUT2D eigenvalue weighted by molar-refractivity contribution is 5.87. The monoisotopic (exact) mass is 342 g/mol. The molecule has 2 aliphatic heterocycles. The average molecular weight is 342 g/mol. The van der Waals surface area contributed by atoms with E-state index in [0.29, 0.717) is 31.5 Å². The van der Waals surface area contributed by atoms with Crippen LogP contribution in [0.1, 0.15) is 29.9 Å². The Kier molecular flexibility index (Phi) is 4.50. The van der Waals surface area contributed by atoms with Gasteiger partial charge >= 0.3 is 0 Å². The third kappa shape index (κ3) is 2.94. The van der Waals surface area contributed by atoms with Crippen molar-refractivity contribution >= 4 is 17.2 Å². The molecule has 0 fully saturated rings. The third-order valence-electron chi connectivity index (χ3n) is 5.56. The molecule has 1 aromatic rings. The van der Waals surface area contributed by atoms with Gasteiger partial charge in [-0.1, -0.05) is 18.2 Å². The molecule has 134 valence electrons. The number of hydrogen-bond donors (Lipinski definition) is 4. The van der Waals surface area contributed by atoms with Gasteiger partial charge in [0.15, 0.2) is 0 Å². The smallest absolute Gasteiger partial charge is 0.244 e. The largest absolute Gasteiger partial charge is 0.396 e. The number of carbonyl (C=O) groups is 1. The maximum atomic E-state index is 12.7. The molecule has 6 nitrogen and oxygen atoms in total. The lowest BCUT2D eigenvalue weighted by Gasteiger charge is -2.37. The number of hydrazine groups is 1. The molecule has 1 unspecified atom stereocenters. The number of hydrogen-bond acceptors (Lipinski definition) is 5. The van der Waals surface area contributed by atoms with Crippen molar-refractivity contribution in [3.8, 4) is 0 Å². The van der Waals surface area contributed by atoms with Crippen LogP contribution in [-0.4, -0.2) is 55.4 Å². The van der Waals surface area contributed by atoms with Crippen LogP contribution in [0.3, 0.4) is 0 Å². The molecule has 25 heavy (non-hydrogen) atoms. The van der Waals surface area contributed by atoms with Gasteiger partial charge in [-0.2, -0.15) is 0 Å². The highest BCUT2D eigenvalue weighted by Crippen LogP contribution is 2.46. The van der Waals surface area contributed by atoms with Gasteiger partial charge in [-0.05, 0) is 35.6 Å². The number of nitrogens with one attached hydrogen (secondary N) is 3. The van der Waals surface area contributed by atoms with Crippen LogP contribution in [0.5, 0.6) is 0 Å². The van der Waals surface area contributed by atoms with E-state index in [2.05, 4.69) is 40.3 Å². The molecule has 0 bridgehead atoms. The second-order valence-electron chi connectivity index (χ2n) is 7.15. The van der Waals surface area contributed by atoms with Crippen molar-refractivity contribution in [2.24, 2.45) is 5.92 Å². The predicted octanol–water partition coefficient (Wildman–Crippen LogP) is 0.916. The van der Waals surface area contributed by atoms with Gasteiger partial charge in [0.05, 0.1) is 5.92 Å². The van der Waals surface area contributed by atoms with Crippen LogP contribution in [0.4, 0.5) is 5.69 Å². The van der Waals surface area contributed by atoms with Crippen molar-refractivity contribution < 1.29 is 9.90 Å². The summed E-state index contributed by atoms with van der Waals surface area (Å²) in [5.74, 6) is 0.458. The first-order chi connectivity index (χ1) is 12.2. The predicted molar refractivity (Wildman–Crippen MR) is 98.0 cm³/mol. The summed E-state index contributed by atoms with van der Waals surface area (Å²) < 4.78 is 0. The molecular weight excluding hydrogens is 316 g/mol. The molecule has 1 aromatic carbocycles. The Morgan fingerprint density at radius 1 is 1.40 bits per heavy atom. The maximum absolute atomic E-state index is 12.7. The number of fused-ring (bicyclic) bond motifs is 2. The van der Waals surface area contributed by atoms with Gasteiger partial charge in [0, 0.05) is 50.9 Å². The standard InChI is InChI=1S/C19H26N4O2/c1-23(22-6-3-7-24)19(25)13-8-15-14-4-2-5-16-18(14)12(10-20-16)9-17(15)21-11-13/h2,4-5,8,12-13,17,20-22,24H,3,6-7,9-11H2,1H3/t12?,13-,17-/m1/s1. The Morgan fingerprint density at radius 3 is 3.12 bits per heavy atom. The summed E-state index contributed by atoms with van der Waals surface area (Å²) in [6, 6.07) is 6.77. The van der Waals surface area contributed by atoms with Crippen molar-refractivity contribution in [2.45, 2.75) is 24.8 Å². The van der Waals surface area contributed by atoms with E-state index in [1.807, 2.05) is 0 Å². The first-order valence-corrected chi connectivity index (χ1v) is 9.13. The van der Waals surface area contributed by atoms with Gasteiger partial charge in [-0.3, -0.25) is 9.80 Å². The molecular formula is C19H26N4O2. The fourth-order valence-corrected chi connectivity index (χ4v) is 4.30. The lowest BCUT2D eigenvalue weighted by atomic mass is 9.75. The summed E-state index contributed by atoms with van der Waals surface area (Å²) in [6.07, 6.45) is 3.89. The van der Waals surface area contributed by atoms with Crippen LogP contribution in [0.15, 0.2) is 24.3 Å². The molecule has 3 aliphatic rings. The zero-order valence-corrected chi connectivity index (χ0v) is 14.6. The highest BCUT2D eigenvalue weighted by atomic mass is 16.3. The number of aliphatic hydroxyl groups excluding tert-OH is 1. The number of rotatable bonds is 5. The third-order valence-corrected chi connectivity index (χ3v) is 5.56. The number of amides is 1. The molecule has 4 N–H and O–H groups in total. The Balaban J connectivity index is 1.57. The first-order valence-electron chi connectivity index (χ1n) is 9.13. The highest BCUT2D eigenvalue weighted by Gasteiger charge is 2.38. The van der Waals surface area contributed by atoms with Crippen molar-refractivity contribution in [2.75, 3.05) is 38.6 Å². The molecule has 6 heteroatoms. The van der Waals surface area contributed by atoms with Gasteiger partial charge in [0.25, 0.3) is 0 Å². The summed E-state index contributed by atoms with van der Waals surface area (Å²) in [5.41, 5.74) is 8.29. The van der Waals surface area contributed by atoms with E-state index in [1.54, 1.807) is 12.1 Å². The lowest BCUT2D eigenvalue weighted by molar-refractivity contribution is -0.135. The zero-order valence-electron chi connectivity index (χ0n) is 14.6. The summed E-state index contributed by atoms with van der Waals surface area (Å²) in [6.45, 7) is 2.41. The fraction of sp³-hybridized carbons (Fsp3) is 0.526. The number of benzene rings is 1. The summed E-state index contributed by atoms with van der Waals surface area (Å²) in [5, 5.41) is 17.5. The van der Waals surface area contributed by atoms with E-state index in [4.69, 9.17) is 5.11 Å². The molecule has 1 amide bonds. The molecule has 0 aromatic heterocycles. The van der Waals surface area contributed by atoms with Gasteiger partial charge in [0.2, 0.25) is 5.91 Å². The summed E-state index contributed by atoms with van der Waals surface area (Å²) in [4.78, 5) is 12.7.